The summed E-state index contributed by atoms with van der Waals surface area (Å²) < 4.78 is 15.8. The van der Waals surface area contributed by atoms with Crippen LogP contribution in [0.15, 0.2) is 79.0 Å². The molecule has 4 aromatic rings. The Morgan fingerprint density at radius 2 is 1.80 bits per heavy atom. The van der Waals surface area contributed by atoms with Crippen molar-refractivity contribution < 1.29 is 9.18 Å². The number of hydrogen-bond acceptors (Lipinski definition) is 3. The monoisotopic (exact) mass is 420 g/mol. The number of nitrogens with one attached hydrogen (secondary N) is 1. The van der Waals surface area contributed by atoms with Gasteiger partial charge >= 0.3 is 0 Å². The van der Waals surface area contributed by atoms with Crippen LogP contribution in [-0.4, -0.2) is 27.2 Å². The largest absolute Gasteiger partial charge is 0.350 e. The normalized spacial score (nSPS) is 10.7. The van der Waals surface area contributed by atoms with E-state index in [1.165, 1.54) is 10.7 Å². The second-order valence-electron chi connectivity index (χ2n) is 6.61. The molecule has 0 aliphatic heterocycles. The first-order chi connectivity index (χ1) is 14.6. The molecule has 2 heterocycles. The summed E-state index contributed by atoms with van der Waals surface area (Å²) in [5, 5.41) is 7.95. The molecule has 0 saturated heterocycles. The van der Waals surface area contributed by atoms with E-state index in [9.17, 15) is 9.18 Å². The Morgan fingerprint density at radius 1 is 1.03 bits per heavy atom. The van der Waals surface area contributed by atoms with Crippen molar-refractivity contribution in [2.75, 3.05) is 6.54 Å². The van der Waals surface area contributed by atoms with E-state index >= 15 is 0 Å². The lowest BCUT2D eigenvalue weighted by Crippen LogP contribution is -2.28. The van der Waals surface area contributed by atoms with Gasteiger partial charge in [-0.15, -0.1) is 0 Å². The molecule has 5 nitrogen and oxygen atoms in total. The molecule has 0 radical (unpaired) electrons. The highest BCUT2D eigenvalue weighted by molar-refractivity contribution is 6.30. The predicted octanol–water partition coefficient (Wildman–Crippen LogP) is 4.70. The van der Waals surface area contributed by atoms with Crippen LogP contribution in [0.5, 0.6) is 0 Å². The maximum Gasteiger partial charge on any atom is 0.270 e. The van der Waals surface area contributed by atoms with Crippen LogP contribution in [0.2, 0.25) is 5.02 Å². The van der Waals surface area contributed by atoms with Gasteiger partial charge in [0.1, 0.15) is 11.5 Å². The third kappa shape index (κ3) is 4.39. The lowest BCUT2D eigenvalue weighted by atomic mass is 10.1. The number of nitrogens with zero attached hydrogens (tertiary/aromatic N) is 3. The first-order valence-electron chi connectivity index (χ1n) is 9.41. The van der Waals surface area contributed by atoms with Gasteiger partial charge < -0.3 is 5.32 Å². The molecule has 4 rings (SSSR count). The number of carbonyl (C=O) groups excluding carboxylic acids is 1. The molecule has 0 aliphatic rings. The number of rotatable bonds is 6. The van der Waals surface area contributed by atoms with Gasteiger partial charge in [0.25, 0.3) is 5.91 Å². The van der Waals surface area contributed by atoms with Crippen molar-refractivity contribution in [1.82, 2.24) is 20.1 Å². The summed E-state index contributed by atoms with van der Waals surface area (Å²) in [7, 11) is 0. The van der Waals surface area contributed by atoms with Crippen LogP contribution < -0.4 is 5.32 Å². The lowest BCUT2D eigenvalue weighted by Gasteiger charge is -2.08. The van der Waals surface area contributed by atoms with Crippen LogP contribution in [0.4, 0.5) is 4.39 Å². The van der Waals surface area contributed by atoms with Gasteiger partial charge in [-0.3, -0.25) is 9.78 Å². The maximum atomic E-state index is 14.3. The van der Waals surface area contributed by atoms with Crippen molar-refractivity contribution in [2.24, 2.45) is 0 Å². The molecular weight excluding hydrogens is 403 g/mol. The van der Waals surface area contributed by atoms with Gasteiger partial charge in [0.05, 0.1) is 11.4 Å². The number of carbonyl (C=O) groups is 1. The van der Waals surface area contributed by atoms with E-state index < -0.39 is 5.82 Å². The van der Waals surface area contributed by atoms with E-state index in [4.69, 9.17) is 11.6 Å². The molecule has 0 atom stereocenters. The van der Waals surface area contributed by atoms with E-state index in [-0.39, 0.29) is 5.91 Å². The smallest absolute Gasteiger partial charge is 0.270 e. The summed E-state index contributed by atoms with van der Waals surface area (Å²) in [5.74, 6) is -0.712. The van der Waals surface area contributed by atoms with Crippen molar-refractivity contribution >= 4 is 17.5 Å². The average molecular weight is 421 g/mol. The molecule has 2 aromatic carbocycles. The van der Waals surface area contributed by atoms with E-state index in [1.54, 1.807) is 54.7 Å². The molecular formula is C23H18ClFN4O. The van der Waals surface area contributed by atoms with Gasteiger partial charge in [-0.05, 0) is 54.6 Å². The minimum Gasteiger partial charge on any atom is -0.350 e. The number of aromatic nitrogens is 3. The predicted molar refractivity (Wildman–Crippen MR) is 114 cm³/mol. The third-order valence-electron chi connectivity index (χ3n) is 4.56. The Balaban J connectivity index is 1.63. The second-order valence-corrected chi connectivity index (χ2v) is 7.05. The van der Waals surface area contributed by atoms with Crippen molar-refractivity contribution in [3.05, 3.63) is 101 Å². The van der Waals surface area contributed by atoms with E-state index in [2.05, 4.69) is 15.4 Å². The lowest BCUT2D eigenvalue weighted by molar-refractivity contribution is 0.0946. The Bertz CT molecular complexity index is 1160. The fourth-order valence-corrected chi connectivity index (χ4v) is 3.19. The number of halogens is 2. The molecule has 0 fully saturated rings. The topological polar surface area (TPSA) is 59.8 Å². The van der Waals surface area contributed by atoms with Crippen LogP contribution in [0.25, 0.3) is 16.9 Å². The molecule has 0 unspecified atom stereocenters. The molecule has 1 N–H and O–H groups in total. The highest BCUT2D eigenvalue weighted by atomic mass is 35.5. The Hall–Kier alpha value is -3.51. The second kappa shape index (κ2) is 8.88. The average Bonchev–Trinajstić information content (AvgIpc) is 3.20. The molecule has 0 saturated carbocycles. The molecule has 30 heavy (non-hydrogen) atoms. The Labute approximate surface area is 178 Å². The zero-order chi connectivity index (χ0) is 20.9. The summed E-state index contributed by atoms with van der Waals surface area (Å²) in [5.41, 5.74) is 2.54. The van der Waals surface area contributed by atoms with Crippen LogP contribution in [0.1, 0.15) is 16.2 Å². The van der Waals surface area contributed by atoms with Crippen LogP contribution in [0.3, 0.4) is 0 Å². The number of pyridine rings is 1. The minimum atomic E-state index is -0.402. The molecule has 150 valence electrons. The number of amides is 1. The molecule has 0 aliphatic carbocycles. The van der Waals surface area contributed by atoms with Gasteiger partial charge in [0, 0.05) is 35.4 Å². The van der Waals surface area contributed by atoms with Crippen LogP contribution >= 0.6 is 11.6 Å². The van der Waals surface area contributed by atoms with Crippen molar-refractivity contribution in [3.8, 4) is 16.9 Å². The molecule has 7 heteroatoms. The number of hydrogen-bond donors (Lipinski definition) is 1. The van der Waals surface area contributed by atoms with Crippen LogP contribution in [-0.2, 0) is 6.42 Å². The summed E-state index contributed by atoms with van der Waals surface area (Å²) in [6.07, 6.45) is 2.31. The highest BCUT2D eigenvalue weighted by Gasteiger charge is 2.19. The molecule has 0 bridgehead atoms. The first kappa shape index (κ1) is 19.8. The first-order valence-corrected chi connectivity index (χ1v) is 9.78. The maximum absolute atomic E-state index is 14.3. The van der Waals surface area contributed by atoms with Gasteiger partial charge in [-0.1, -0.05) is 29.8 Å². The van der Waals surface area contributed by atoms with Crippen molar-refractivity contribution in [1.29, 1.82) is 0 Å². The fourth-order valence-electron chi connectivity index (χ4n) is 3.06. The summed E-state index contributed by atoms with van der Waals surface area (Å²) in [6.45, 7) is 0.413. The Morgan fingerprint density at radius 3 is 2.53 bits per heavy atom. The standard InChI is InChI=1S/C23H18ClFN4O/c24-16-8-10-18(11-9-16)29-22(15-21(28-29)19-6-1-2-7-20(19)25)23(30)27-14-12-17-5-3-4-13-26-17/h1-11,13,15H,12,14H2,(H,27,30). The highest BCUT2D eigenvalue weighted by Crippen LogP contribution is 2.24. The summed E-state index contributed by atoms with van der Waals surface area (Å²) in [6, 6.07) is 20.5. The van der Waals surface area contributed by atoms with E-state index in [0.717, 1.165) is 5.69 Å². The zero-order valence-electron chi connectivity index (χ0n) is 15.9. The van der Waals surface area contributed by atoms with Crippen molar-refractivity contribution in [3.63, 3.8) is 0 Å². The Kier molecular flexibility index (Phi) is 5.86. The fraction of sp³-hybridized carbons (Fsp3) is 0.0870. The third-order valence-corrected chi connectivity index (χ3v) is 4.81. The summed E-state index contributed by atoms with van der Waals surface area (Å²) >= 11 is 5.99. The molecule has 2 aromatic heterocycles. The molecule has 1 amide bonds. The van der Waals surface area contributed by atoms with Crippen LogP contribution in [0, 0.1) is 5.82 Å². The van der Waals surface area contributed by atoms with E-state index in [0.29, 0.717) is 40.6 Å². The van der Waals surface area contributed by atoms with Gasteiger partial charge in [-0.2, -0.15) is 5.10 Å². The zero-order valence-corrected chi connectivity index (χ0v) is 16.7. The molecule has 0 spiro atoms. The van der Waals surface area contributed by atoms with Crippen molar-refractivity contribution in [2.45, 2.75) is 6.42 Å². The SMILES string of the molecule is O=C(NCCc1ccccn1)c1cc(-c2ccccc2F)nn1-c1ccc(Cl)cc1. The number of benzene rings is 2. The van der Waals surface area contributed by atoms with Gasteiger partial charge in [0.2, 0.25) is 0 Å². The summed E-state index contributed by atoms with van der Waals surface area (Å²) in [4.78, 5) is 17.2. The van der Waals surface area contributed by atoms with Gasteiger partial charge in [0.15, 0.2) is 0 Å². The van der Waals surface area contributed by atoms with Gasteiger partial charge in [-0.25, -0.2) is 9.07 Å². The van der Waals surface area contributed by atoms with E-state index in [1.807, 2.05) is 18.2 Å². The minimum absolute atomic E-state index is 0.302. The quantitative estimate of drug-likeness (QED) is 0.492.